The van der Waals surface area contributed by atoms with Crippen LogP contribution in [-0.2, 0) is 23.7 Å². The Bertz CT molecular complexity index is 1050. The van der Waals surface area contributed by atoms with Crippen molar-refractivity contribution in [1.82, 2.24) is 0 Å². The van der Waals surface area contributed by atoms with Gasteiger partial charge in [0.25, 0.3) is 0 Å². The summed E-state index contributed by atoms with van der Waals surface area (Å²) in [6.07, 6.45) is 9.02. The SMILES string of the molecule is CCCCCc1cc(O)ccc1C(C)(C)c1cccc(C(C)(C)c2ccc(O)cc2CCCCC)c1. The highest BCUT2D eigenvalue weighted by molar-refractivity contribution is 5.50. The summed E-state index contributed by atoms with van der Waals surface area (Å²) in [5.41, 5.74) is 7.24. The molecule has 0 saturated heterocycles. The minimum Gasteiger partial charge on any atom is -0.508 e. The highest BCUT2D eigenvalue weighted by atomic mass is 16.3. The first-order chi connectivity index (χ1) is 17.1. The zero-order valence-electron chi connectivity index (χ0n) is 23.3. The molecule has 36 heavy (non-hydrogen) atoms. The lowest BCUT2D eigenvalue weighted by Crippen LogP contribution is -2.24. The van der Waals surface area contributed by atoms with Crippen molar-refractivity contribution in [2.45, 2.75) is 104 Å². The van der Waals surface area contributed by atoms with Gasteiger partial charge in [0.2, 0.25) is 0 Å². The molecule has 0 unspecified atom stereocenters. The largest absolute Gasteiger partial charge is 0.508 e. The summed E-state index contributed by atoms with van der Waals surface area (Å²) >= 11 is 0. The van der Waals surface area contributed by atoms with E-state index in [1.807, 2.05) is 24.3 Å². The predicted octanol–water partition coefficient (Wildman–Crippen LogP) is 9.22. The molecule has 3 aromatic carbocycles. The van der Waals surface area contributed by atoms with Crippen LogP contribution in [-0.4, -0.2) is 10.2 Å². The fraction of sp³-hybridized carbons (Fsp3) is 0.471. The smallest absolute Gasteiger partial charge is 0.115 e. The summed E-state index contributed by atoms with van der Waals surface area (Å²) < 4.78 is 0. The standard InChI is InChI=1S/C34H46O2/c1-7-9-11-14-25-22-29(35)18-20-31(25)33(3,4)27-16-13-17-28(24-27)34(5,6)32-21-19-30(36)23-26(32)15-12-10-8-2/h13,16-24,35-36H,7-12,14-15H2,1-6H3. The molecular formula is C34H46O2. The van der Waals surface area contributed by atoms with E-state index in [0.717, 1.165) is 25.7 Å². The van der Waals surface area contributed by atoms with Crippen LogP contribution in [0.1, 0.15) is 113 Å². The first-order valence-electron chi connectivity index (χ1n) is 13.9. The van der Waals surface area contributed by atoms with Crippen molar-refractivity contribution in [3.63, 3.8) is 0 Å². The maximum Gasteiger partial charge on any atom is 0.115 e. The van der Waals surface area contributed by atoms with Crippen molar-refractivity contribution in [3.8, 4) is 11.5 Å². The average molecular weight is 487 g/mol. The number of rotatable bonds is 12. The number of phenolic OH excluding ortho intramolecular Hbond substituents is 2. The average Bonchev–Trinajstić information content (AvgIpc) is 2.84. The van der Waals surface area contributed by atoms with E-state index in [4.69, 9.17) is 0 Å². The molecule has 0 atom stereocenters. The maximum atomic E-state index is 10.2. The highest BCUT2D eigenvalue weighted by Crippen LogP contribution is 2.40. The second-order valence-electron chi connectivity index (χ2n) is 11.4. The fourth-order valence-electron chi connectivity index (χ4n) is 5.53. The van der Waals surface area contributed by atoms with E-state index in [1.165, 1.54) is 59.1 Å². The van der Waals surface area contributed by atoms with Gasteiger partial charge in [0.05, 0.1) is 0 Å². The van der Waals surface area contributed by atoms with Crippen LogP contribution in [0, 0.1) is 0 Å². The number of unbranched alkanes of at least 4 members (excludes halogenated alkanes) is 4. The first kappa shape index (κ1) is 27.8. The van der Waals surface area contributed by atoms with E-state index >= 15 is 0 Å². The summed E-state index contributed by atoms with van der Waals surface area (Å²) in [5.74, 6) is 0.692. The molecule has 3 aromatic rings. The van der Waals surface area contributed by atoms with E-state index in [2.05, 4.69) is 77.9 Å². The number of benzene rings is 3. The lowest BCUT2D eigenvalue weighted by molar-refractivity contribution is 0.472. The van der Waals surface area contributed by atoms with Crippen LogP contribution in [0.2, 0.25) is 0 Å². The molecule has 2 nitrogen and oxygen atoms in total. The second kappa shape index (κ2) is 12.0. The lowest BCUT2D eigenvalue weighted by Gasteiger charge is -2.33. The minimum atomic E-state index is -0.194. The Morgan fingerprint density at radius 1 is 0.556 bits per heavy atom. The second-order valence-corrected chi connectivity index (χ2v) is 11.4. The molecule has 0 aliphatic carbocycles. The van der Waals surface area contributed by atoms with Crippen LogP contribution in [0.3, 0.4) is 0 Å². The van der Waals surface area contributed by atoms with Gasteiger partial charge < -0.3 is 10.2 Å². The summed E-state index contributed by atoms with van der Waals surface area (Å²) in [6.45, 7) is 13.6. The molecule has 0 aromatic heterocycles. The van der Waals surface area contributed by atoms with Gasteiger partial charge in [-0.15, -0.1) is 0 Å². The van der Waals surface area contributed by atoms with Crippen molar-refractivity contribution in [1.29, 1.82) is 0 Å². The molecule has 0 saturated carbocycles. The van der Waals surface area contributed by atoms with Gasteiger partial charge in [0.15, 0.2) is 0 Å². The monoisotopic (exact) mass is 486 g/mol. The van der Waals surface area contributed by atoms with Crippen molar-refractivity contribution in [2.75, 3.05) is 0 Å². The van der Waals surface area contributed by atoms with Gasteiger partial charge in [-0.3, -0.25) is 0 Å². The lowest BCUT2D eigenvalue weighted by atomic mass is 9.71. The summed E-state index contributed by atoms with van der Waals surface area (Å²) in [7, 11) is 0. The Labute approximate surface area is 219 Å². The van der Waals surface area contributed by atoms with Gasteiger partial charge in [0, 0.05) is 10.8 Å². The Morgan fingerprint density at radius 3 is 1.36 bits per heavy atom. The third-order valence-corrected chi connectivity index (χ3v) is 7.93. The third kappa shape index (κ3) is 6.33. The van der Waals surface area contributed by atoms with Crippen molar-refractivity contribution < 1.29 is 10.2 Å². The van der Waals surface area contributed by atoms with E-state index in [-0.39, 0.29) is 10.8 Å². The maximum absolute atomic E-state index is 10.2. The van der Waals surface area contributed by atoms with Crippen LogP contribution in [0.5, 0.6) is 11.5 Å². The van der Waals surface area contributed by atoms with E-state index in [9.17, 15) is 10.2 Å². The molecular weight excluding hydrogens is 440 g/mol. The zero-order chi connectivity index (χ0) is 26.3. The Morgan fingerprint density at radius 2 is 0.972 bits per heavy atom. The Kier molecular flexibility index (Phi) is 9.28. The van der Waals surface area contributed by atoms with Crippen LogP contribution in [0.15, 0.2) is 60.7 Å². The first-order valence-corrected chi connectivity index (χ1v) is 13.9. The Hall–Kier alpha value is -2.74. The Balaban J connectivity index is 2.01. The number of hydrogen-bond acceptors (Lipinski definition) is 2. The molecule has 0 bridgehead atoms. The summed E-state index contributed by atoms with van der Waals surface area (Å²) in [5, 5.41) is 20.4. The van der Waals surface area contributed by atoms with Crippen molar-refractivity contribution >= 4 is 0 Å². The van der Waals surface area contributed by atoms with Gasteiger partial charge in [-0.2, -0.15) is 0 Å². The molecule has 194 valence electrons. The molecule has 0 fully saturated rings. The van der Waals surface area contributed by atoms with Crippen molar-refractivity contribution in [2.24, 2.45) is 0 Å². The number of hydrogen-bond donors (Lipinski definition) is 2. The molecule has 0 heterocycles. The van der Waals surface area contributed by atoms with Gasteiger partial charge in [-0.1, -0.05) is 104 Å². The highest BCUT2D eigenvalue weighted by Gasteiger charge is 2.30. The van der Waals surface area contributed by atoms with Crippen LogP contribution in [0.25, 0.3) is 0 Å². The van der Waals surface area contributed by atoms with Gasteiger partial charge in [-0.25, -0.2) is 0 Å². The van der Waals surface area contributed by atoms with Crippen LogP contribution in [0.4, 0.5) is 0 Å². The zero-order valence-corrected chi connectivity index (χ0v) is 23.3. The number of aromatic hydroxyl groups is 2. The van der Waals surface area contributed by atoms with Crippen molar-refractivity contribution in [3.05, 3.63) is 94.0 Å². The van der Waals surface area contributed by atoms with E-state index < -0.39 is 0 Å². The quantitative estimate of drug-likeness (QED) is 0.250. The number of phenols is 2. The third-order valence-electron chi connectivity index (χ3n) is 7.93. The van der Waals surface area contributed by atoms with E-state index in [0.29, 0.717) is 11.5 Å². The normalized spacial score (nSPS) is 12.2. The molecule has 2 heteroatoms. The fourth-order valence-corrected chi connectivity index (χ4v) is 5.53. The molecule has 0 amide bonds. The minimum absolute atomic E-state index is 0.194. The molecule has 0 spiro atoms. The van der Waals surface area contributed by atoms with E-state index in [1.54, 1.807) is 0 Å². The van der Waals surface area contributed by atoms with Crippen LogP contribution >= 0.6 is 0 Å². The predicted molar refractivity (Wildman–Crippen MR) is 153 cm³/mol. The molecule has 0 aliphatic rings. The van der Waals surface area contributed by atoms with Gasteiger partial charge in [-0.05, 0) is 83.3 Å². The van der Waals surface area contributed by atoms with Gasteiger partial charge >= 0.3 is 0 Å². The summed E-state index contributed by atoms with van der Waals surface area (Å²) in [4.78, 5) is 0. The topological polar surface area (TPSA) is 40.5 Å². The molecule has 3 rings (SSSR count). The molecule has 0 aliphatic heterocycles. The van der Waals surface area contributed by atoms with Gasteiger partial charge in [0.1, 0.15) is 11.5 Å². The number of aryl methyl sites for hydroxylation is 2. The molecule has 2 N–H and O–H groups in total. The molecule has 0 radical (unpaired) electrons. The summed E-state index contributed by atoms with van der Waals surface area (Å²) in [6, 6.07) is 20.8. The van der Waals surface area contributed by atoms with Crippen LogP contribution < -0.4 is 0 Å².